The van der Waals surface area contributed by atoms with Gasteiger partial charge in [-0.15, -0.1) is 0 Å². The first-order valence-corrected chi connectivity index (χ1v) is 12.1. The van der Waals surface area contributed by atoms with Crippen LogP contribution in [0.25, 0.3) is 0 Å². The number of rotatable bonds is 8. The number of ketones is 1. The quantitative estimate of drug-likeness (QED) is 0.594. The Morgan fingerprint density at radius 1 is 0.688 bits per heavy atom. The average Bonchev–Trinajstić information content (AvgIpc) is 2.83. The Morgan fingerprint density at radius 3 is 1.38 bits per heavy atom. The van der Waals surface area contributed by atoms with Crippen LogP contribution in [0.15, 0.2) is 48.5 Å². The van der Waals surface area contributed by atoms with E-state index in [2.05, 4.69) is 10.6 Å². The molecule has 2 heterocycles. The second-order valence-electron chi connectivity index (χ2n) is 9.47. The summed E-state index contributed by atoms with van der Waals surface area (Å²) in [5, 5.41) is 6.79. The Balaban J connectivity index is 1.63. The normalized spacial score (nSPS) is 20.1. The van der Waals surface area contributed by atoms with Crippen molar-refractivity contribution in [2.45, 2.75) is 50.4 Å². The van der Waals surface area contributed by atoms with Crippen LogP contribution in [0, 0.1) is 23.5 Å². The van der Waals surface area contributed by atoms with E-state index in [9.17, 15) is 13.6 Å². The van der Waals surface area contributed by atoms with Crippen molar-refractivity contribution in [2.75, 3.05) is 26.2 Å². The third-order valence-electron chi connectivity index (χ3n) is 7.29. The van der Waals surface area contributed by atoms with Gasteiger partial charge in [-0.2, -0.15) is 0 Å². The Hall–Kier alpha value is -2.11. The molecule has 2 fully saturated rings. The highest BCUT2D eigenvalue weighted by atomic mass is 19.1. The third-order valence-corrected chi connectivity index (χ3v) is 7.29. The Kier molecular flexibility index (Phi) is 8.04. The fraction of sp³-hybridized carbons (Fsp3) is 0.519. The molecule has 2 aliphatic heterocycles. The van der Waals surface area contributed by atoms with Gasteiger partial charge in [-0.05, 0) is 112 Å². The SMILES string of the molecule is O=C(C(CC1CCNCC1)c1ccc(F)cc1)C(CC1CCNCC1)c1ccc(F)cc1. The molecule has 2 aromatic rings. The maximum Gasteiger partial charge on any atom is 0.147 e. The zero-order valence-electron chi connectivity index (χ0n) is 18.7. The van der Waals surface area contributed by atoms with Crippen LogP contribution in [-0.4, -0.2) is 32.0 Å². The number of piperidine rings is 2. The third kappa shape index (κ3) is 6.02. The highest BCUT2D eigenvalue weighted by Crippen LogP contribution is 2.38. The fourth-order valence-electron chi connectivity index (χ4n) is 5.37. The first kappa shape index (κ1) is 23.1. The van der Waals surface area contributed by atoms with Crippen LogP contribution in [0.1, 0.15) is 61.5 Å². The zero-order valence-corrected chi connectivity index (χ0v) is 18.7. The molecule has 2 saturated heterocycles. The van der Waals surface area contributed by atoms with Crippen LogP contribution >= 0.6 is 0 Å². The van der Waals surface area contributed by atoms with E-state index in [0.29, 0.717) is 11.8 Å². The van der Waals surface area contributed by atoms with E-state index in [-0.39, 0.29) is 29.3 Å². The highest BCUT2D eigenvalue weighted by molar-refractivity contribution is 5.91. The number of nitrogens with one attached hydrogen (secondary N) is 2. The molecule has 0 spiro atoms. The van der Waals surface area contributed by atoms with Gasteiger partial charge in [-0.25, -0.2) is 8.78 Å². The van der Waals surface area contributed by atoms with Crippen LogP contribution in [0.2, 0.25) is 0 Å². The van der Waals surface area contributed by atoms with E-state index >= 15 is 0 Å². The molecule has 0 saturated carbocycles. The van der Waals surface area contributed by atoms with Crippen molar-refractivity contribution >= 4 is 5.78 Å². The molecule has 172 valence electrons. The molecule has 2 atom stereocenters. The molecule has 5 heteroatoms. The van der Waals surface area contributed by atoms with Crippen LogP contribution in [-0.2, 0) is 4.79 Å². The topological polar surface area (TPSA) is 41.1 Å². The number of Topliss-reactive ketones (excluding diaryl/α,β-unsaturated/α-hetero) is 1. The lowest BCUT2D eigenvalue weighted by molar-refractivity contribution is -0.123. The van der Waals surface area contributed by atoms with Gasteiger partial charge in [0.15, 0.2) is 0 Å². The van der Waals surface area contributed by atoms with E-state index in [4.69, 9.17) is 0 Å². The summed E-state index contributed by atoms with van der Waals surface area (Å²) >= 11 is 0. The molecule has 2 unspecified atom stereocenters. The van der Waals surface area contributed by atoms with E-state index < -0.39 is 0 Å². The summed E-state index contributed by atoms with van der Waals surface area (Å²) in [7, 11) is 0. The van der Waals surface area contributed by atoms with E-state index in [1.165, 1.54) is 24.3 Å². The monoisotopic (exact) mass is 440 g/mol. The molecule has 32 heavy (non-hydrogen) atoms. The minimum atomic E-state index is -0.286. The number of carbonyl (C=O) groups is 1. The maximum absolute atomic E-state index is 14.1. The van der Waals surface area contributed by atoms with Crippen molar-refractivity contribution in [3.05, 3.63) is 71.3 Å². The second kappa shape index (κ2) is 11.2. The fourth-order valence-corrected chi connectivity index (χ4v) is 5.37. The summed E-state index contributed by atoms with van der Waals surface area (Å²) in [5.74, 6) is 0.0374. The van der Waals surface area contributed by atoms with Crippen molar-refractivity contribution in [2.24, 2.45) is 11.8 Å². The molecule has 3 nitrogen and oxygen atoms in total. The molecule has 0 bridgehead atoms. The minimum Gasteiger partial charge on any atom is -0.317 e. The van der Waals surface area contributed by atoms with Gasteiger partial charge in [0.1, 0.15) is 17.4 Å². The number of benzene rings is 2. The largest absolute Gasteiger partial charge is 0.317 e. The first-order valence-electron chi connectivity index (χ1n) is 12.1. The van der Waals surface area contributed by atoms with Gasteiger partial charge in [-0.3, -0.25) is 4.79 Å². The Morgan fingerprint density at radius 2 is 1.03 bits per heavy atom. The summed E-state index contributed by atoms with van der Waals surface area (Å²) < 4.78 is 27.3. The molecule has 0 amide bonds. The summed E-state index contributed by atoms with van der Waals surface area (Å²) in [6.45, 7) is 3.91. The summed E-state index contributed by atoms with van der Waals surface area (Å²) in [5.41, 5.74) is 1.79. The van der Waals surface area contributed by atoms with Crippen LogP contribution < -0.4 is 10.6 Å². The predicted octanol–water partition coefficient (Wildman–Crippen LogP) is 5.18. The van der Waals surface area contributed by atoms with Crippen molar-refractivity contribution in [1.29, 1.82) is 0 Å². The zero-order chi connectivity index (χ0) is 22.3. The van der Waals surface area contributed by atoms with Crippen molar-refractivity contribution in [3.8, 4) is 0 Å². The van der Waals surface area contributed by atoms with E-state index in [0.717, 1.165) is 75.8 Å². The van der Waals surface area contributed by atoms with Crippen LogP contribution in [0.3, 0.4) is 0 Å². The Labute approximate surface area is 190 Å². The smallest absolute Gasteiger partial charge is 0.147 e. The standard InChI is InChI=1S/C27H34F2N2O/c28-23-5-1-21(2-6-23)25(17-19-9-13-30-14-10-19)27(32)26(18-20-11-15-31-16-12-20)22-3-7-24(29)8-4-22/h1-8,19-20,25-26,30-31H,9-18H2. The number of hydrogen-bond donors (Lipinski definition) is 2. The molecule has 2 aromatic carbocycles. The van der Waals surface area contributed by atoms with Crippen LogP contribution in [0.4, 0.5) is 8.78 Å². The number of carbonyl (C=O) groups excluding carboxylic acids is 1. The lowest BCUT2D eigenvalue weighted by Gasteiger charge is -2.31. The van der Waals surface area contributed by atoms with Crippen molar-refractivity contribution in [1.82, 2.24) is 10.6 Å². The van der Waals surface area contributed by atoms with Crippen LogP contribution in [0.5, 0.6) is 0 Å². The van der Waals surface area contributed by atoms with Gasteiger partial charge in [-0.1, -0.05) is 24.3 Å². The molecular weight excluding hydrogens is 406 g/mol. The highest BCUT2D eigenvalue weighted by Gasteiger charge is 2.33. The van der Waals surface area contributed by atoms with Gasteiger partial charge in [0, 0.05) is 11.8 Å². The number of hydrogen-bond acceptors (Lipinski definition) is 3. The average molecular weight is 441 g/mol. The maximum atomic E-state index is 14.1. The predicted molar refractivity (Wildman–Crippen MR) is 124 cm³/mol. The van der Waals surface area contributed by atoms with E-state index in [1.54, 1.807) is 24.3 Å². The van der Waals surface area contributed by atoms with Gasteiger partial charge in [0.05, 0.1) is 0 Å². The van der Waals surface area contributed by atoms with Gasteiger partial charge < -0.3 is 10.6 Å². The van der Waals surface area contributed by atoms with Gasteiger partial charge in [0.25, 0.3) is 0 Å². The Bertz CT molecular complexity index is 785. The molecule has 0 aromatic heterocycles. The lowest BCUT2D eigenvalue weighted by Crippen LogP contribution is -2.32. The second-order valence-corrected chi connectivity index (χ2v) is 9.47. The first-order chi connectivity index (χ1) is 15.6. The molecule has 2 N–H and O–H groups in total. The van der Waals surface area contributed by atoms with Crippen molar-refractivity contribution in [3.63, 3.8) is 0 Å². The van der Waals surface area contributed by atoms with Gasteiger partial charge >= 0.3 is 0 Å². The van der Waals surface area contributed by atoms with Crippen molar-refractivity contribution < 1.29 is 13.6 Å². The molecule has 2 aliphatic rings. The lowest BCUT2D eigenvalue weighted by atomic mass is 9.74. The molecule has 4 rings (SSSR count). The van der Waals surface area contributed by atoms with E-state index in [1.807, 2.05) is 0 Å². The number of halogens is 2. The molecular formula is C27H34F2N2O. The molecule has 0 aliphatic carbocycles. The summed E-state index contributed by atoms with van der Waals surface area (Å²) in [6.07, 6.45) is 5.80. The molecule has 0 radical (unpaired) electrons. The minimum absolute atomic E-state index is 0.195. The summed E-state index contributed by atoms with van der Waals surface area (Å²) in [4.78, 5) is 14.1. The summed E-state index contributed by atoms with van der Waals surface area (Å²) in [6, 6.07) is 12.9. The van der Waals surface area contributed by atoms with Gasteiger partial charge in [0.2, 0.25) is 0 Å².